The van der Waals surface area contributed by atoms with Gasteiger partial charge in [0.05, 0.1) is 11.0 Å². The second kappa shape index (κ2) is 7.55. The fourth-order valence-corrected chi connectivity index (χ4v) is 3.93. The molecule has 1 aliphatic heterocycles. The van der Waals surface area contributed by atoms with Gasteiger partial charge in [-0.2, -0.15) is 0 Å². The first kappa shape index (κ1) is 17.8. The van der Waals surface area contributed by atoms with E-state index in [-0.39, 0.29) is 11.8 Å². The third kappa shape index (κ3) is 3.75. The van der Waals surface area contributed by atoms with Crippen molar-refractivity contribution in [2.75, 3.05) is 6.54 Å². The normalized spacial score (nSPS) is 17.4. The molecule has 1 fully saturated rings. The molecule has 4 nitrogen and oxygen atoms in total. The van der Waals surface area contributed by atoms with Crippen LogP contribution in [0.4, 0.5) is 0 Å². The van der Waals surface area contributed by atoms with Crippen molar-refractivity contribution in [2.24, 2.45) is 5.92 Å². The van der Waals surface area contributed by atoms with Crippen LogP contribution in [0.5, 0.6) is 0 Å². The summed E-state index contributed by atoms with van der Waals surface area (Å²) >= 11 is 0. The summed E-state index contributed by atoms with van der Waals surface area (Å²) in [5.74, 6) is 2.10. The van der Waals surface area contributed by atoms with E-state index in [1.165, 1.54) is 11.1 Å². The highest BCUT2D eigenvalue weighted by atomic mass is 16.2. The average molecular weight is 361 g/mol. The van der Waals surface area contributed by atoms with Crippen LogP contribution < -0.4 is 0 Å². The second-order valence-corrected chi connectivity index (χ2v) is 7.95. The third-order valence-electron chi connectivity index (χ3n) is 5.41. The van der Waals surface area contributed by atoms with Crippen LogP contribution in [-0.4, -0.2) is 26.9 Å². The van der Waals surface area contributed by atoms with Crippen molar-refractivity contribution < 1.29 is 4.79 Å². The number of aromatic nitrogens is 2. The topological polar surface area (TPSA) is 38.1 Å². The number of imidazole rings is 1. The minimum Gasteiger partial charge on any atom is -0.338 e. The third-order valence-corrected chi connectivity index (χ3v) is 5.41. The van der Waals surface area contributed by atoms with E-state index in [1.54, 1.807) is 0 Å². The Morgan fingerprint density at radius 2 is 1.81 bits per heavy atom. The Labute approximate surface area is 160 Å². The van der Waals surface area contributed by atoms with E-state index in [0.717, 1.165) is 30.9 Å². The lowest BCUT2D eigenvalue weighted by atomic mass is 10.1. The molecule has 1 aliphatic rings. The molecule has 0 N–H and O–H groups in total. The number of para-hydroxylation sites is 2. The molecule has 1 amide bonds. The lowest BCUT2D eigenvalue weighted by Gasteiger charge is -2.18. The Balaban J connectivity index is 1.60. The van der Waals surface area contributed by atoms with Crippen LogP contribution in [0.15, 0.2) is 54.6 Å². The first-order chi connectivity index (χ1) is 13.1. The molecule has 1 atom stereocenters. The largest absolute Gasteiger partial charge is 0.338 e. The number of carbonyl (C=O) groups is 1. The van der Waals surface area contributed by atoms with Gasteiger partial charge in [0.15, 0.2) is 0 Å². The zero-order chi connectivity index (χ0) is 18.8. The van der Waals surface area contributed by atoms with Gasteiger partial charge in [0, 0.05) is 32.0 Å². The first-order valence-electron chi connectivity index (χ1n) is 9.88. The summed E-state index contributed by atoms with van der Waals surface area (Å²) in [6, 6.07) is 18.5. The van der Waals surface area contributed by atoms with Gasteiger partial charge in [-0.25, -0.2) is 4.98 Å². The second-order valence-electron chi connectivity index (χ2n) is 7.95. The van der Waals surface area contributed by atoms with Crippen LogP contribution in [0.2, 0.25) is 0 Å². The van der Waals surface area contributed by atoms with Crippen LogP contribution in [0.1, 0.15) is 44.0 Å². The molecule has 3 aromatic rings. The molecule has 0 radical (unpaired) electrons. The SMILES string of the molecule is CC(C)CCn1c([C@@H]2CC(=O)N(Cc3ccccc3)C2)nc2ccccc21. The van der Waals surface area contributed by atoms with E-state index in [1.807, 2.05) is 29.2 Å². The Bertz CT molecular complexity index is 929. The molecule has 0 aliphatic carbocycles. The lowest BCUT2D eigenvalue weighted by molar-refractivity contribution is -0.128. The van der Waals surface area contributed by atoms with Crippen molar-refractivity contribution in [3.8, 4) is 0 Å². The average Bonchev–Trinajstić information content (AvgIpc) is 3.21. The number of benzene rings is 2. The van der Waals surface area contributed by atoms with Gasteiger partial charge < -0.3 is 9.47 Å². The number of hydrogen-bond donors (Lipinski definition) is 0. The molecule has 27 heavy (non-hydrogen) atoms. The molecule has 0 unspecified atom stereocenters. The zero-order valence-electron chi connectivity index (χ0n) is 16.1. The van der Waals surface area contributed by atoms with E-state index in [2.05, 4.69) is 48.7 Å². The Morgan fingerprint density at radius 1 is 1.07 bits per heavy atom. The Morgan fingerprint density at radius 3 is 2.59 bits per heavy atom. The lowest BCUT2D eigenvalue weighted by Crippen LogP contribution is -2.24. The Hall–Kier alpha value is -2.62. The number of amides is 1. The molecule has 0 spiro atoms. The number of fused-ring (bicyclic) bond motifs is 1. The monoisotopic (exact) mass is 361 g/mol. The van der Waals surface area contributed by atoms with E-state index in [9.17, 15) is 4.79 Å². The summed E-state index contributed by atoms with van der Waals surface area (Å²) in [6.07, 6.45) is 1.67. The fraction of sp³-hybridized carbons (Fsp3) is 0.391. The van der Waals surface area contributed by atoms with Crippen molar-refractivity contribution in [1.82, 2.24) is 14.5 Å². The molecule has 140 valence electrons. The highest BCUT2D eigenvalue weighted by Crippen LogP contribution is 2.31. The number of hydrogen-bond acceptors (Lipinski definition) is 2. The molecule has 0 saturated carbocycles. The van der Waals surface area contributed by atoms with Crippen LogP contribution in [-0.2, 0) is 17.9 Å². The maximum absolute atomic E-state index is 12.6. The van der Waals surface area contributed by atoms with Crippen molar-refractivity contribution in [2.45, 2.75) is 45.7 Å². The fourth-order valence-electron chi connectivity index (χ4n) is 3.93. The summed E-state index contributed by atoms with van der Waals surface area (Å²) in [7, 11) is 0. The minimum absolute atomic E-state index is 0.167. The van der Waals surface area contributed by atoms with Gasteiger partial charge >= 0.3 is 0 Å². The number of carbonyl (C=O) groups excluding carboxylic acids is 1. The maximum Gasteiger partial charge on any atom is 0.223 e. The van der Waals surface area contributed by atoms with Crippen molar-refractivity contribution in [3.05, 3.63) is 66.0 Å². The standard InChI is InChI=1S/C23H27N3O/c1-17(2)12-13-26-21-11-7-6-10-20(21)24-23(26)19-14-22(27)25(16-19)15-18-8-4-3-5-9-18/h3-11,17,19H,12-16H2,1-2H3/t19-/m1/s1. The molecule has 2 aromatic carbocycles. The van der Waals surface area contributed by atoms with Gasteiger partial charge in [-0.1, -0.05) is 56.3 Å². The van der Waals surface area contributed by atoms with Crippen molar-refractivity contribution >= 4 is 16.9 Å². The van der Waals surface area contributed by atoms with Crippen LogP contribution in [0.25, 0.3) is 11.0 Å². The summed E-state index contributed by atoms with van der Waals surface area (Å²) in [5.41, 5.74) is 3.40. The molecule has 2 heterocycles. The maximum atomic E-state index is 12.6. The molecule has 1 aromatic heterocycles. The van der Waals surface area contributed by atoms with E-state index >= 15 is 0 Å². The quantitative estimate of drug-likeness (QED) is 0.644. The highest BCUT2D eigenvalue weighted by molar-refractivity contribution is 5.81. The first-order valence-corrected chi connectivity index (χ1v) is 9.88. The predicted octanol–water partition coefficient (Wildman–Crippen LogP) is 4.60. The molecule has 4 rings (SSSR count). The van der Waals surface area contributed by atoms with Gasteiger partial charge in [-0.3, -0.25) is 4.79 Å². The number of likely N-dealkylation sites (tertiary alicyclic amines) is 1. The van der Waals surface area contributed by atoms with Gasteiger partial charge in [-0.05, 0) is 30.0 Å². The summed E-state index contributed by atoms with van der Waals surface area (Å²) < 4.78 is 2.35. The van der Waals surface area contributed by atoms with Gasteiger partial charge in [0.25, 0.3) is 0 Å². The molecular weight excluding hydrogens is 334 g/mol. The van der Waals surface area contributed by atoms with E-state index in [4.69, 9.17) is 4.98 Å². The highest BCUT2D eigenvalue weighted by Gasteiger charge is 2.33. The molecule has 0 bridgehead atoms. The van der Waals surface area contributed by atoms with Crippen LogP contribution in [0.3, 0.4) is 0 Å². The molecular formula is C23H27N3O. The summed E-state index contributed by atoms with van der Waals surface area (Å²) in [5, 5.41) is 0. The van der Waals surface area contributed by atoms with Crippen LogP contribution >= 0.6 is 0 Å². The Kier molecular flexibility index (Phi) is 4.97. The number of rotatable bonds is 6. The van der Waals surface area contributed by atoms with Gasteiger partial charge in [-0.15, -0.1) is 0 Å². The molecule has 4 heteroatoms. The smallest absolute Gasteiger partial charge is 0.223 e. The zero-order valence-corrected chi connectivity index (χ0v) is 16.1. The van der Waals surface area contributed by atoms with E-state index < -0.39 is 0 Å². The number of aryl methyl sites for hydroxylation is 1. The van der Waals surface area contributed by atoms with Gasteiger partial charge in [0.2, 0.25) is 5.91 Å². The summed E-state index contributed by atoms with van der Waals surface area (Å²) in [4.78, 5) is 19.6. The number of nitrogens with zero attached hydrogens (tertiary/aromatic N) is 3. The predicted molar refractivity (Wildman–Crippen MR) is 108 cm³/mol. The summed E-state index contributed by atoms with van der Waals surface area (Å²) in [6.45, 7) is 6.89. The van der Waals surface area contributed by atoms with Crippen LogP contribution in [0, 0.1) is 5.92 Å². The minimum atomic E-state index is 0.167. The van der Waals surface area contributed by atoms with E-state index in [0.29, 0.717) is 18.9 Å². The van der Waals surface area contributed by atoms with Gasteiger partial charge in [0.1, 0.15) is 5.82 Å². The van der Waals surface area contributed by atoms with Crippen molar-refractivity contribution in [1.29, 1.82) is 0 Å². The molecule has 1 saturated heterocycles. The van der Waals surface area contributed by atoms with Crippen molar-refractivity contribution in [3.63, 3.8) is 0 Å².